The maximum absolute atomic E-state index is 10.4. The standard InChI is InChI=1S/C66H35N9/c1-69-50-36-49(41-68)65(60(37-50)72-4)74-61-16-10-8-14-54(61)56-38-52(30-32-63(56)74)73(51-28-26-48(27-29-51)47-24-22-46(23-25-47)45-20-18-44(19-21-45)43-12-6-5-7-13-43)53-31-33-64-57(39-53)55-15-9-11-17-62(55)75(64)66-58(70-2)34-42(40-67)35-59(66)71-3/h5-39H. The van der Waals surface area contributed by atoms with Crippen LogP contribution in [0.2, 0.25) is 0 Å². The summed E-state index contributed by atoms with van der Waals surface area (Å²) in [6, 6.07) is 74.9. The van der Waals surface area contributed by atoms with Crippen molar-refractivity contribution in [1.82, 2.24) is 9.13 Å². The van der Waals surface area contributed by atoms with E-state index in [0.29, 0.717) is 11.4 Å². The van der Waals surface area contributed by atoms with E-state index in [1.54, 1.807) is 0 Å². The molecule has 12 rings (SSSR count). The number of rotatable bonds is 8. The van der Waals surface area contributed by atoms with Gasteiger partial charge < -0.3 is 14.0 Å². The van der Waals surface area contributed by atoms with Gasteiger partial charge in [0.05, 0.1) is 77.4 Å². The van der Waals surface area contributed by atoms with Crippen molar-refractivity contribution in [3.8, 4) is 56.9 Å². The van der Waals surface area contributed by atoms with Crippen LogP contribution in [0.25, 0.3) is 108 Å². The first-order valence-electron chi connectivity index (χ1n) is 23.8. The smallest absolute Gasteiger partial charge is 0.201 e. The number of anilines is 3. The second-order valence-electron chi connectivity index (χ2n) is 17.9. The maximum atomic E-state index is 10.4. The van der Waals surface area contributed by atoms with Crippen LogP contribution in [0, 0.1) is 49.0 Å². The van der Waals surface area contributed by atoms with E-state index in [4.69, 9.17) is 26.3 Å². The monoisotopic (exact) mass is 953 g/mol. The quantitative estimate of drug-likeness (QED) is 0.142. The van der Waals surface area contributed by atoms with Crippen molar-refractivity contribution in [2.24, 2.45) is 0 Å². The highest BCUT2D eigenvalue weighted by molar-refractivity contribution is 6.13. The molecule has 0 spiro atoms. The summed E-state index contributed by atoms with van der Waals surface area (Å²) in [6.07, 6.45) is 0. The van der Waals surface area contributed by atoms with Crippen LogP contribution >= 0.6 is 0 Å². The summed E-state index contributed by atoms with van der Waals surface area (Å²) in [5, 5.41) is 23.9. The lowest BCUT2D eigenvalue weighted by Gasteiger charge is -2.26. The van der Waals surface area contributed by atoms with Crippen molar-refractivity contribution < 1.29 is 0 Å². The van der Waals surface area contributed by atoms with E-state index in [2.05, 4.69) is 146 Å². The predicted molar refractivity (Wildman–Crippen MR) is 301 cm³/mol. The number of hydrogen-bond donors (Lipinski definition) is 0. The number of benzene rings is 10. The largest absolute Gasteiger partial charge is 0.329 e. The first kappa shape index (κ1) is 44.7. The number of fused-ring (bicyclic) bond motifs is 6. The zero-order valence-corrected chi connectivity index (χ0v) is 39.7. The first-order valence-corrected chi connectivity index (χ1v) is 23.8. The molecule has 0 aliphatic carbocycles. The summed E-state index contributed by atoms with van der Waals surface area (Å²) in [6.45, 7) is 32.1. The summed E-state index contributed by atoms with van der Waals surface area (Å²) < 4.78 is 3.91. The lowest BCUT2D eigenvalue weighted by molar-refractivity contribution is 1.17. The number of aromatic nitrogens is 2. The van der Waals surface area contributed by atoms with Crippen LogP contribution in [0.5, 0.6) is 0 Å². The molecule has 0 fully saturated rings. The normalized spacial score (nSPS) is 10.9. The third kappa shape index (κ3) is 7.52. The van der Waals surface area contributed by atoms with Crippen molar-refractivity contribution in [2.45, 2.75) is 0 Å². The van der Waals surface area contributed by atoms with Gasteiger partial charge in [0, 0.05) is 44.2 Å². The topological polar surface area (TPSA) is 78.1 Å². The first-order chi connectivity index (χ1) is 36.9. The molecule has 0 saturated heterocycles. The summed E-state index contributed by atoms with van der Waals surface area (Å²) in [7, 11) is 0. The Hall–Kier alpha value is -11.5. The third-order valence-corrected chi connectivity index (χ3v) is 13.8. The average Bonchev–Trinajstić information content (AvgIpc) is 3.98. The second kappa shape index (κ2) is 18.4. The van der Waals surface area contributed by atoms with Gasteiger partial charge in [-0.05, 0) is 118 Å². The number of nitrogens with zero attached hydrogens (tertiary/aromatic N) is 9. The van der Waals surface area contributed by atoms with E-state index in [0.717, 1.165) is 82.9 Å². The lowest BCUT2D eigenvalue weighted by atomic mass is 9.98. The summed E-state index contributed by atoms with van der Waals surface area (Å²) in [5.74, 6) is 0. The van der Waals surface area contributed by atoms with Crippen LogP contribution in [0.3, 0.4) is 0 Å². The zero-order chi connectivity index (χ0) is 51.2. The Bertz CT molecular complexity index is 4300. The molecular formula is C66H35N9. The fourth-order valence-corrected chi connectivity index (χ4v) is 10.4. The fraction of sp³-hybridized carbons (Fsp3) is 0. The minimum atomic E-state index is 0.209. The minimum absolute atomic E-state index is 0.209. The van der Waals surface area contributed by atoms with Gasteiger partial charge in [0.2, 0.25) is 17.1 Å². The van der Waals surface area contributed by atoms with E-state index in [-0.39, 0.29) is 33.9 Å². The molecule has 9 nitrogen and oxygen atoms in total. The molecule has 0 radical (unpaired) electrons. The molecule has 0 saturated carbocycles. The molecule has 2 heterocycles. The SMILES string of the molecule is [C-]#[N+]c1cc(C#N)c(-n2c3ccccc3c3cc(N(c4ccc(-c5ccc(-c6ccc(-c7ccccc7)cc6)cc5)cc4)c4ccc5c(c4)c4ccccc4n5-c4c([N+]#[C-])cc(C#N)cc4[N+]#[C-])ccc32)c([N+]#[C-])c1. The van der Waals surface area contributed by atoms with Gasteiger partial charge in [0.1, 0.15) is 0 Å². The highest BCUT2D eigenvalue weighted by atomic mass is 15.1. The summed E-state index contributed by atoms with van der Waals surface area (Å²) in [5.41, 5.74) is 14.7. The molecule has 0 N–H and O–H groups in total. The van der Waals surface area contributed by atoms with Gasteiger partial charge in [-0.15, -0.1) is 0 Å². The Morgan fingerprint density at radius 2 is 0.747 bits per heavy atom. The highest BCUT2D eigenvalue weighted by Crippen LogP contribution is 2.46. The van der Waals surface area contributed by atoms with Crippen molar-refractivity contribution in [1.29, 1.82) is 10.5 Å². The van der Waals surface area contributed by atoms with Crippen LogP contribution in [-0.2, 0) is 0 Å². The molecule has 12 aromatic rings. The number of hydrogen-bond acceptors (Lipinski definition) is 3. The lowest BCUT2D eigenvalue weighted by Crippen LogP contribution is -2.10. The Balaban J connectivity index is 1.02. The molecule has 0 atom stereocenters. The molecule has 0 bridgehead atoms. The van der Waals surface area contributed by atoms with Crippen LogP contribution in [0.15, 0.2) is 212 Å². The van der Waals surface area contributed by atoms with Gasteiger partial charge >= 0.3 is 0 Å². The summed E-state index contributed by atoms with van der Waals surface area (Å²) >= 11 is 0. The Labute approximate surface area is 432 Å². The van der Waals surface area contributed by atoms with Crippen molar-refractivity contribution in [2.75, 3.05) is 4.90 Å². The van der Waals surface area contributed by atoms with E-state index < -0.39 is 0 Å². The highest BCUT2D eigenvalue weighted by Gasteiger charge is 2.24. The van der Waals surface area contributed by atoms with Gasteiger partial charge in [-0.1, -0.05) is 127 Å². The van der Waals surface area contributed by atoms with E-state index in [9.17, 15) is 10.5 Å². The van der Waals surface area contributed by atoms with Crippen LogP contribution < -0.4 is 4.90 Å². The number of para-hydroxylation sites is 2. The fourth-order valence-electron chi connectivity index (χ4n) is 10.4. The molecule has 10 aromatic carbocycles. The molecule has 0 aliphatic rings. The van der Waals surface area contributed by atoms with Gasteiger partial charge in [-0.3, -0.25) is 0 Å². The molecule has 2 aromatic heterocycles. The predicted octanol–water partition coefficient (Wildman–Crippen LogP) is 18.3. The minimum Gasteiger partial charge on any atom is -0.329 e. The van der Waals surface area contributed by atoms with E-state index in [1.165, 1.54) is 35.4 Å². The molecular weight excluding hydrogens is 919 g/mol. The Morgan fingerprint density at radius 1 is 0.347 bits per heavy atom. The zero-order valence-electron chi connectivity index (χ0n) is 39.7. The van der Waals surface area contributed by atoms with Crippen molar-refractivity contribution in [3.63, 3.8) is 0 Å². The Morgan fingerprint density at radius 3 is 1.20 bits per heavy atom. The molecule has 9 heteroatoms. The van der Waals surface area contributed by atoms with Gasteiger partial charge in [0.25, 0.3) is 0 Å². The third-order valence-electron chi connectivity index (χ3n) is 13.8. The molecule has 0 unspecified atom stereocenters. The van der Waals surface area contributed by atoms with E-state index in [1.807, 2.05) is 88.0 Å². The molecule has 0 amide bonds. The molecule has 344 valence electrons. The Kier molecular flexibility index (Phi) is 11.0. The molecule has 75 heavy (non-hydrogen) atoms. The van der Waals surface area contributed by atoms with Gasteiger partial charge in [0.15, 0.2) is 5.69 Å². The molecule has 0 aliphatic heterocycles. The van der Waals surface area contributed by atoms with Crippen LogP contribution in [0.1, 0.15) is 11.1 Å². The number of nitriles is 2. The maximum Gasteiger partial charge on any atom is 0.201 e. The van der Waals surface area contributed by atoms with Crippen molar-refractivity contribution >= 4 is 83.4 Å². The van der Waals surface area contributed by atoms with Crippen LogP contribution in [0.4, 0.5) is 39.8 Å². The van der Waals surface area contributed by atoms with Gasteiger partial charge in [-0.2, -0.15) is 10.5 Å². The van der Waals surface area contributed by atoms with Crippen molar-refractivity contribution in [3.05, 3.63) is 269 Å². The average molecular weight is 954 g/mol. The van der Waals surface area contributed by atoms with Crippen LogP contribution in [-0.4, -0.2) is 9.13 Å². The van der Waals surface area contributed by atoms with Gasteiger partial charge in [-0.25, -0.2) is 19.4 Å². The second-order valence-corrected chi connectivity index (χ2v) is 17.9. The summed E-state index contributed by atoms with van der Waals surface area (Å²) in [4.78, 5) is 17.2. The van der Waals surface area contributed by atoms with E-state index >= 15 is 0 Å².